The fraction of sp³-hybridized carbons (Fsp3) is 0.0833. The Kier molecular flexibility index (Phi) is 2.42. The lowest BCUT2D eigenvalue weighted by atomic mass is 10.2. The molecule has 0 atom stereocenters. The first-order valence-corrected chi connectivity index (χ1v) is 4.42. The highest BCUT2D eigenvalue weighted by molar-refractivity contribution is 5.77. The van der Waals surface area contributed by atoms with Gasteiger partial charge in [0.25, 0.3) is 0 Å². The van der Waals surface area contributed by atoms with Crippen LogP contribution >= 0.6 is 0 Å². The minimum Gasteiger partial charge on any atom is -0.423 e. The lowest BCUT2D eigenvalue weighted by Gasteiger charge is -1.98. The van der Waals surface area contributed by atoms with Crippen molar-refractivity contribution in [2.75, 3.05) is 0 Å². The van der Waals surface area contributed by atoms with Crippen molar-refractivity contribution < 1.29 is 9.15 Å². The fourth-order valence-electron chi connectivity index (χ4n) is 1.21. The molecule has 0 aliphatic heterocycles. The summed E-state index contributed by atoms with van der Waals surface area (Å²) < 4.78 is 10.1. The molecule has 0 radical (unpaired) electrons. The van der Waals surface area contributed by atoms with E-state index in [1.807, 2.05) is 6.07 Å². The van der Waals surface area contributed by atoms with Crippen molar-refractivity contribution in [3.8, 4) is 17.8 Å². The van der Waals surface area contributed by atoms with E-state index in [4.69, 9.17) is 9.15 Å². The fourth-order valence-corrected chi connectivity index (χ4v) is 1.21. The first kappa shape index (κ1) is 9.35. The van der Waals surface area contributed by atoms with E-state index in [1.54, 1.807) is 25.1 Å². The molecule has 3 nitrogen and oxygen atoms in total. The highest BCUT2D eigenvalue weighted by Crippen LogP contribution is 2.18. The molecule has 0 fully saturated rings. The van der Waals surface area contributed by atoms with Crippen LogP contribution in [-0.2, 0) is 0 Å². The second-order valence-corrected chi connectivity index (χ2v) is 2.91. The van der Waals surface area contributed by atoms with E-state index in [2.05, 4.69) is 12.0 Å². The van der Waals surface area contributed by atoms with Gasteiger partial charge in [0.1, 0.15) is 17.4 Å². The summed E-state index contributed by atoms with van der Waals surface area (Å²) in [5.74, 6) is 3.17. The van der Waals surface area contributed by atoms with E-state index < -0.39 is 0 Å². The van der Waals surface area contributed by atoms with Crippen LogP contribution in [0.25, 0.3) is 11.0 Å². The Labute approximate surface area is 86.3 Å². The first-order valence-electron chi connectivity index (χ1n) is 4.42. The number of benzene rings is 1. The van der Waals surface area contributed by atoms with Gasteiger partial charge in [0.2, 0.25) is 0 Å². The van der Waals surface area contributed by atoms with Crippen molar-refractivity contribution in [2.24, 2.45) is 0 Å². The highest BCUT2D eigenvalue weighted by Gasteiger charge is 1.99. The molecule has 0 saturated carbocycles. The molecule has 3 heteroatoms. The van der Waals surface area contributed by atoms with Gasteiger partial charge in [0.05, 0.1) is 0 Å². The van der Waals surface area contributed by atoms with Crippen molar-refractivity contribution in [3.63, 3.8) is 0 Å². The zero-order chi connectivity index (χ0) is 10.7. The maximum atomic E-state index is 11.0. The molecule has 1 heterocycles. The van der Waals surface area contributed by atoms with Crippen LogP contribution in [0.1, 0.15) is 6.92 Å². The van der Waals surface area contributed by atoms with Crippen LogP contribution in [0.2, 0.25) is 0 Å². The zero-order valence-corrected chi connectivity index (χ0v) is 8.11. The van der Waals surface area contributed by atoms with Gasteiger partial charge < -0.3 is 9.15 Å². The van der Waals surface area contributed by atoms with Crippen LogP contribution in [0, 0.1) is 12.0 Å². The Hall–Kier alpha value is -2.21. The molecule has 0 N–H and O–H groups in total. The quantitative estimate of drug-likeness (QED) is 0.523. The van der Waals surface area contributed by atoms with Gasteiger partial charge in [-0.2, -0.15) is 0 Å². The smallest absolute Gasteiger partial charge is 0.336 e. The number of ether oxygens (including phenoxy) is 1. The maximum Gasteiger partial charge on any atom is 0.336 e. The molecular weight excluding hydrogens is 192 g/mol. The van der Waals surface area contributed by atoms with Gasteiger partial charge in [0, 0.05) is 24.4 Å². The lowest BCUT2D eigenvalue weighted by Crippen LogP contribution is -1.94. The monoisotopic (exact) mass is 200 g/mol. The van der Waals surface area contributed by atoms with Gasteiger partial charge in [-0.25, -0.2) is 4.79 Å². The molecule has 0 unspecified atom stereocenters. The number of hydrogen-bond donors (Lipinski definition) is 0. The summed E-state index contributed by atoms with van der Waals surface area (Å²) in [5, 5.41) is 0.853. The van der Waals surface area contributed by atoms with E-state index in [0.717, 1.165) is 5.39 Å². The Morgan fingerprint density at radius 1 is 1.27 bits per heavy atom. The molecule has 0 aliphatic carbocycles. The Balaban J connectivity index is 2.52. The molecular formula is C12H8O3. The van der Waals surface area contributed by atoms with Crippen LogP contribution in [0.5, 0.6) is 5.75 Å². The minimum absolute atomic E-state index is 0.374. The summed E-state index contributed by atoms with van der Waals surface area (Å²) in [7, 11) is 0. The predicted octanol–water partition coefficient (Wildman–Crippen LogP) is 2.15. The summed E-state index contributed by atoms with van der Waals surface area (Å²) in [5.41, 5.74) is 0.124. The Bertz CT molecular complexity index is 599. The highest BCUT2D eigenvalue weighted by atomic mass is 16.5. The molecule has 1 aromatic heterocycles. The first-order chi connectivity index (χ1) is 7.29. The van der Waals surface area contributed by atoms with Gasteiger partial charge in [-0.15, -0.1) is 0 Å². The normalized spacial score (nSPS) is 9.40. The van der Waals surface area contributed by atoms with Crippen LogP contribution < -0.4 is 10.4 Å². The summed E-state index contributed by atoms with van der Waals surface area (Å²) in [6, 6.07) is 8.31. The molecule has 0 spiro atoms. The molecule has 2 aromatic rings. The van der Waals surface area contributed by atoms with Gasteiger partial charge in [-0.05, 0) is 18.2 Å². The average Bonchev–Trinajstić information content (AvgIpc) is 2.25. The van der Waals surface area contributed by atoms with Crippen molar-refractivity contribution in [1.29, 1.82) is 0 Å². The van der Waals surface area contributed by atoms with Crippen LogP contribution in [0.15, 0.2) is 39.5 Å². The van der Waals surface area contributed by atoms with E-state index in [0.29, 0.717) is 11.3 Å². The minimum atomic E-state index is -0.374. The lowest BCUT2D eigenvalue weighted by molar-refractivity contribution is 0.514. The second kappa shape index (κ2) is 3.89. The SMILES string of the molecule is CC#COc1ccc2ccc(=O)oc2c1. The molecule has 0 amide bonds. The Morgan fingerprint density at radius 3 is 2.87 bits per heavy atom. The predicted molar refractivity (Wildman–Crippen MR) is 56.6 cm³/mol. The maximum absolute atomic E-state index is 11.0. The number of fused-ring (bicyclic) bond motifs is 1. The molecule has 0 saturated heterocycles. The van der Waals surface area contributed by atoms with Crippen molar-refractivity contribution in [1.82, 2.24) is 0 Å². The molecule has 74 valence electrons. The second-order valence-electron chi connectivity index (χ2n) is 2.91. The topological polar surface area (TPSA) is 39.4 Å². The molecule has 15 heavy (non-hydrogen) atoms. The van der Waals surface area contributed by atoms with Gasteiger partial charge in [-0.3, -0.25) is 0 Å². The van der Waals surface area contributed by atoms with E-state index in [1.165, 1.54) is 6.07 Å². The van der Waals surface area contributed by atoms with Crippen molar-refractivity contribution in [3.05, 3.63) is 40.8 Å². The molecule has 0 bridgehead atoms. The standard InChI is InChI=1S/C12H8O3/c1-2-7-14-10-5-3-9-4-6-12(13)15-11(9)8-10/h3-6,8H,1H3. The van der Waals surface area contributed by atoms with Crippen molar-refractivity contribution >= 4 is 11.0 Å². The van der Waals surface area contributed by atoms with E-state index >= 15 is 0 Å². The molecule has 2 rings (SSSR count). The Morgan fingerprint density at radius 2 is 2.07 bits per heavy atom. The molecule has 1 aromatic carbocycles. The zero-order valence-electron chi connectivity index (χ0n) is 8.11. The summed E-state index contributed by atoms with van der Waals surface area (Å²) >= 11 is 0. The van der Waals surface area contributed by atoms with Crippen molar-refractivity contribution in [2.45, 2.75) is 6.92 Å². The summed E-state index contributed by atoms with van der Waals surface area (Å²) in [6.45, 7) is 1.68. The number of rotatable bonds is 1. The van der Waals surface area contributed by atoms with Gasteiger partial charge in [0.15, 0.2) is 0 Å². The van der Waals surface area contributed by atoms with E-state index in [-0.39, 0.29) is 5.63 Å². The van der Waals surface area contributed by atoms with E-state index in [9.17, 15) is 4.79 Å². The number of hydrogen-bond acceptors (Lipinski definition) is 3. The summed E-state index contributed by atoms with van der Waals surface area (Å²) in [4.78, 5) is 11.0. The average molecular weight is 200 g/mol. The summed E-state index contributed by atoms with van der Waals surface area (Å²) in [6.07, 6.45) is 2.47. The van der Waals surface area contributed by atoms with Crippen LogP contribution in [0.4, 0.5) is 0 Å². The third kappa shape index (κ3) is 2.00. The third-order valence-electron chi connectivity index (χ3n) is 1.87. The van der Waals surface area contributed by atoms with Crippen LogP contribution in [0.3, 0.4) is 0 Å². The van der Waals surface area contributed by atoms with Gasteiger partial charge in [-0.1, -0.05) is 5.92 Å². The van der Waals surface area contributed by atoms with Gasteiger partial charge >= 0.3 is 5.63 Å². The third-order valence-corrected chi connectivity index (χ3v) is 1.87. The molecule has 0 aliphatic rings. The van der Waals surface area contributed by atoms with Crippen LogP contribution in [-0.4, -0.2) is 0 Å². The largest absolute Gasteiger partial charge is 0.423 e.